The van der Waals surface area contributed by atoms with Crippen LogP contribution in [0.4, 0.5) is 4.79 Å². The molecule has 0 bridgehead atoms. The molecule has 2 N–H and O–H groups in total. The summed E-state index contributed by atoms with van der Waals surface area (Å²) in [6.45, 7) is 4.24. The number of aliphatic carboxylic acids is 1. The number of carbonyl (C=O) groups excluding carboxylic acids is 1. The number of nitrogens with zero attached hydrogens (tertiary/aromatic N) is 1. The molecule has 2 amide bonds. The maximum atomic E-state index is 12.2. The molecule has 5 heteroatoms. The van der Waals surface area contributed by atoms with Gasteiger partial charge in [0, 0.05) is 12.1 Å². The van der Waals surface area contributed by atoms with Crippen molar-refractivity contribution in [3.05, 3.63) is 0 Å². The summed E-state index contributed by atoms with van der Waals surface area (Å²) in [4.78, 5) is 24.5. The predicted octanol–water partition coefficient (Wildman–Crippen LogP) is 2.07. The maximum absolute atomic E-state index is 12.2. The van der Waals surface area contributed by atoms with E-state index in [2.05, 4.69) is 19.2 Å². The molecule has 0 aromatic heterocycles. The standard InChI is InChI=1S/C14H24N2O3/c1-9-5-10(2)7-11(6-9)15-14(19)16(8-13(17)18)12-3-4-12/h9-12H,3-8H2,1-2H3,(H,15,19)(H,17,18). The Morgan fingerprint density at radius 3 is 2.21 bits per heavy atom. The smallest absolute Gasteiger partial charge is 0.323 e. The summed E-state index contributed by atoms with van der Waals surface area (Å²) in [7, 11) is 0. The van der Waals surface area contributed by atoms with Crippen LogP contribution in [-0.4, -0.2) is 40.6 Å². The molecule has 0 spiro atoms. The second-order valence-electron chi connectivity index (χ2n) is 6.32. The molecule has 0 aromatic carbocycles. The van der Waals surface area contributed by atoms with E-state index < -0.39 is 5.97 Å². The SMILES string of the molecule is CC1CC(C)CC(NC(=O)N(CC(=O)O)C2CC2)C1. The van der Waals surface area contributed by atoms with Gasteiger partial charge >= 0.3 is 12.0 Å². The van der Waals surface area contributed by atoms with Crippen LogP contribution in [0.3, 0.4) is 0 Å². The van der Waals surface area contributed by atoms with Gasteiger partial charge in [0.1, 0.15) is 6.54 Å². The molecular weight excluding hydrogens is 244 g/mol. The van der Waals surface area contributed by atoms with Gasteiger partial charge in [0.15, 0.2) is 0 Å². The third kappa shape index (κ3) is 4.11. The van der Waals surface area contributed by atoms with Gasteiger partial charge in [0.25, 0.3) is 0 Å². The number of rotatable bonds is 4. The number of carboxylic acids is 1. The normalized spacial score (nSPS) is 30.7. The van der Waals surface area contributed by atoms with E-state index in [9.17, 15) is 9.59 Å². The zero-order chi connectivity index (χ0) is 14.0. The Morgan fingerprint density at radius 2 is 1.74 bits per heavy atom. The van der Waals surface area contributed by atoms with Crippen LogP contribution >= 0.6 is 0 Å². The number of carboxylic acid groups (broad SMARTS) is 1. The van der Waals surface area contributed by atoms with Gasteiger partial charge in [0.2, 0.25) is 0 Å². The van der Waals surface area contributed by atoms with Crippen molar-refractivity contribution in [2.75, 3.05) is 6.54 Å². The van der Waals surface area contributed by atoms with E-state index in [4.69, 9.17) is 5.11 Å². The average molecular weight is 268 g/mol. The lowest BCUT2D eigenvalue weighted by molar-refractivity contribution is -0.137. The first-order valence-electron chi connectivity index (χ1n) is 7.24. The molecule has 108 valence electrons. The van der Waals surface area contributed by atoms with Gasteiger partial charge in [-0.25, -0.2) is 4.79 Å². The Bertz CT molecular complexity index is 345. The van der Waals surface area contributed by atoms with Gasteiger partial charge in [-0.05, 0) is 43.9 Å². The number of amides is 2. The highest BCUT2D eigenvalue weighted by Gasteiger charge is 2.35. The topological polar surface area (TPSA) is 69.6 Å². The van der Waals surface area contributed by atoms with Crippen LogP contribution in [-0.2, 0) is 4.79 Å². The molecule has 2 unspecified atom stereocenters. The number of nitrogens with one attached hydrogen (secondary N) is 1. The number of carbonyl (C=O) groups is 2. The first kappa shape index (κ1) is 14.2. The van der Waals surface area contributed by atoms with Crippen LogP contribution in [0.1, 0.15) is 46.0 Å². The van der Waals surface area contributed by atoms with Crippen molar-refractivity contribution in [3.63, 3.8) is 0 Å². The largest absolute Gasteiger partial charge is 0.480 e. The molecule has 2 atom stereocenters. The minimum Gasteiger partial charge on any atom is -0.480 e. The fraction of sp³-hybridized carbons (Fsp3) is 0.857. The van der Waals surface area contributed by atoms with Crippen molar-refractivity contribution in [3.8, 4) is 0 Å². The highest BCUT2D eigenvalue weighted by atomic mass is 16.4. The lowest BCUT2D eigenvalue weighted by Gasteiger charge is -2.33. The van der Waals surface area contributed by atoms with Crippen molar-refractivity contribution in [2.45, 2.75) is 58.0 Å². The van der Waals surface area contributed by atoms with Crippen molar-refractivity contribution in [1.82, 2.24) is 10.2 Å². The Morgan fingerprint density at radius 1 is 1.16 bits per heavy atom. The van der Waals surface area contributed by atoms with E-state index in [1.807, 2.05) is 0 Å². The van der Waals surface area contributed by atoms with Crippen molar-refractivity contribution >= 4 is 12.0 Å². The molecule has 5 nitrogen and oxygen atoms in total. The Balaban J connectivity index is 1.89. The second-order valence-corrected chi connectivity index (χ2v) is 6.32. The van der Waals surface area contributed by atoms with Gasteiger partial charge in [-0.3, -0.25) is 4.79 Å². The molecule has 2 aliphatic rings. The zero-order valence-corrected chi connectivity index (χ0v) is 11.8. The lowest BCUT2D eigenvalue weighted by atomic mass is 9.80. The molecule has 0 aromatic rings. The number of hydrogen-bond acceptors (Lipinski definition) is 2. The van der Waals surface area contributed by atoms with Crippen LogP contribution in [0.15, 0.2) is 0 Å². The van der Waals surface area contributed by atoms with E-state index >= 15 is 0 Å². The third-order valence-electron chi connectivity index (χ3n) is 4.06. The van der Waals surface area contributed by atoms with Crippen LogP contribution in [0, 0.1) is 11.8 Å². The molecule has 2 aliphatic carbocycles. The van der Waals surface area contributed by atoms with Gasteiger partial charge in [-0.1, -0.05) is 13.8 Å². The Labute approximate surface area is 114 Å². The molecular formula is C14H24N2O3. The zero-order valence-electron chi connectivity index (χ0n) is 11.8. The molecule has 0 heterocycles. The van der Waals surface area contributed by atoms with Gasteiger partial charge < -0.3 is 15.3 Å². The van der Waals surface area contributed by atoms with E-state index in [-0.39, 0.29) is 24.7 Å². The number of hydrogen-bond donors (Lipinski definition) is 2. The van der Waals surface area contributed by atoms with Crippen LogP contribution < -0.4 is 5.32 Å². The quantitative estimate of drug-likeness (QED) is 0.820. The highest BCUT2D eigenvalue weighted by molar-refractivity contribution is 5.80. The monoisotopic (exact) mass is 268 g/mol. The van der Waals surface area contributed by atoms with Crippen LogP contribution in [0.2, 0.25) is 0 Å². The van der Waals surface area contributed by atoms with Crippen molar-refractivity contribution in [1.29, 1.82) is 0 Å². The van der Waals surface area contributed by atoms with Gasteiger partial charge in [-0.2, -0.15) is 0 Å². The summed E-state index contributed by atoms with van der Waals surface area (Å²) < 4.78 is 0. The maximum Gasteiger partial charge on any atom is 0.323 e. The summed E-state index contributed by atoms with van der Waals surface area (Å²) in [5.41, 5.74) is 0. The average Bonchev–Trinajstić information content (AvgIpc) is 3.07. The van der Waals surface area contributed by atoms with Gasteiger partial charge in [-0.15, -0.1) is 0 Å². The first-order chi connectivity index (χ1) is 8.95. The predicted molar refractivity (Wildman–Crippen MR) is 71.9 cm³/mol. The fourth-order valence-corrected chi connectivity index (χ4v) is 3.22. The fourth-order valence-electron chi connectivity index (χ4n) is 3.22. The molecule has 2 fully saturated rings. The van der Waals surface area contributed by atoms with Gasteiger partial charge in [0.05, 0.1) is 0 Å². The molecule has 0 saturated heterocycles. The Kier molecular flexibility index (Phi) is 4.32. The summed E-state index contributed by atoms with van der Waals surface area (Å²) in [6.07, 6.45) is 5.08. The molecule has 19 heavy (non-hydrogen) atoms. The minimum atomic E-state index is -0.938. The van der Waals surface area contributed by atoms with Crippen LogP contribution in [0.5, 0.6) is 0 Å². The third-order valence-corrected chi connectivity index (χ3v) is 4.06. The summed E-state index contributed by atoms with van der Waals surface area (Å²) in [6, 6.07) is 0.132. The molecule has 2 saturated carbocycles. The Hall–Kier alpha value is -1.26. The van der Waals surface area contributed by atoms with E-state index in [0.717, 1.165) is 25.7 Å². The first-order valence-corrected chi connectivity index (χ1v) is 7.24. The summed E-state index contributed by atoms with van der Waals surface area (Å²) in [5, 5.41) is 11.9. The number of urea groups is 1. The van der Waals surface area contributed by atoms with E-state index in [1.54, 1.807) is 0 Å². The van der Waals surface area contributed by atoms with Crippen molar-refractivity contribution in [2.24, 2.45) is 11.8 Å². The molecule has 2 rings (SSSR count). The summed E-state index contributed by atoms with van der Waals surface area (Å²) in [5.74, 6) is 0.318. The second kappa shape index (κ2) is 5.80. The minimum absolute atomic E-state index is 0.134. The molecule has 0 radical (unpaired) electrons. The highest BCUT2D eigenvalue weighted by Crippen LogP contribution is 2.30. The summed E-state index contributed by atoms with van der Waals surface area (Å²) >= 11 is 0. The van der Waals surface area contributed by atoms with Crippen LogP contribution in [0.25, 0.3) is 0 Å². The lowest BCUT2D eigenvalue weighted by Crippen LogP contribution is -2.49. The van der Waals surface area contributed by atoms with Crippen molar-refractivity contribution < 1.29 is 14.7 Å². The van der Waals surface area contributed by atoms with E-state index in [0.29, 0.717) is 11.8 Å². The van der Waals surface area contributed by atoms with E-state index in [1.165, 1.54) is 11.3 Å². The molecule has 0 aliphatic heterocycles.